The summed E-state index contributed by atoms with van der Waals surface area (Å²) in [5.74, 6) is 0.218. The minimum absolute atomic E-state index is 0.109. The Morgan fingerprint density at radius 2 is 1.95 bits per heavy atom. The molecule has 1 fully saturated rings. The molecule has 1 heterocycles. The Balaban J connectivity index is 1.85. The molecule has 0 aromatic heterocycles. The minimum atomic E-state index is 0.109. The third-order valence-corrected chi connectivity index (χ3v) is 4.38. The van der Waals surface area contributed by atoms with Gasteiger partial charge in [0.1, 0.15) is 0 Å². The molecule has 4 heteroatoms. The zero-order valence-corrected chi connectivity index (χ0v) is 11.4. The molecule has 2 unspecified atom stereocenters. The molecule has 1 aliphatic heterocycles. The Bertz CT molecular complexity index is 488. The van der Waals surface area contributed by atoms with Gasteiger partial charge in [-0.05, 0) is 24.0 Å². The van der Waals surface area contributed by atoms with Gasteiger partial charge in [-0.2, -0.15) is 0 Å². The predicted octanol–water partition coefficient (Wildman–Crippen LogP) is 1.30. The number of carbonyl (C=O) groups excluding carboxylic acids is 1. The molecule has 4 nitrogen and oxygen atoms in total. The zero-order valence-electron chi connectivity index (χ0n) is 11.4. The van der Waals surface area contributed by atoms with Crippen molar-refractivity contribution in [2.45, 2.75) is 24.9 Å². The van der Waals surface area contributed by atoms with E-state index in [4.69, 9.17) is 5.73 Å². The largest absolute Gasteiger partial charge is 0.345 e. The van der Waals surface area contributed by atoms with Crippen molar-refractivity contribution in [1.29, 1.82) is 0 Å². The number of benzene rings is 1. The van der Waals surface area contributed by atoms with Gasteiger partial charge in [-0.25, -0.2) is 0 Å². The lowest BCUT2D eigenvalue weighted by molar-refractivity contribution is -0.130. The highest BCUT2D eigenvalue weighted by Gasteiger charge is 2.34. The second kappa shape index (κ2) is 4.94. The van der Waals surface area contributed by atoms with Crippen molar-refractivity contribution >= 4 is 5.91 Å². The molecule has 1 aliphatic carbocycles. The molecule has 0 spiro atoms. The third-order valence-electron chi connectivity index (χ3n) is 4.38. The molecule has 1 aromatic carbocycles. The highest BCUT2D eigenvalue weighted by molar-refractivity contribution is 5.78. The molecule has 1 aromatic rings. The highest BCUT2D eigenvalue weighted by atomic mass is 16.2. The normalized spacial score (nSPS) is 28.3. The van der Waals surface area contributed by atoms with Gasteiger partial charge in [-0.1, -0.05) is 24.3 Å². The fourth-order valence-electron chi connectivity index (χ4n) is 3.27. The smallest absolute Gasteiger partial charge is 0.236 e. The van der Waals surface area contributed by atoms with Gasteiger partial charge in [0.2, 0.25) is 5.91 Å². The molecule has 2 N–H and O–H groups in total. The van der Waals surface area contributed by atoms with Gasteiger partial charge in [0.15, 0.2) is 0 Å². The summed E-state index contributed by atoms with van der Waals surface area (Å²) in [7, 11) is 1.89. The summed E-state index contributed by atoms with van der Waals surface area (Å²) in [5.41, 5.74) is 8.78. The Morgan fingerprint density at radius 3 is 2.74 bits per heavy atom. The van der Waals surface area contributed by atoms with Crippen LogP contribution >= 0.6 is 0 Å². The predicted molar refractivity (Wildman–Crippen MR) is 74.6 cm³/mol. The number of fused-ring (bicyclic) bond motifs is 1. The van der Waals surface area contributed by atoms with Crippen molar-refractivity contribution < 1.29 is 4.79 Å². The maximum absolute atomic E-state index is 12.0. The van der Waals surface area contributed by atoms with Gasteiger partial charge in [-0.3, -0.25) is 9.69 Å². The second-order valence-corrected chi connectivity index (χ2v) is 5.63. The highest BCUT2D eigenvalue weighted by Crippen LogP contribution is 2.41. The number of nitrogens with zero attached hydrogens (tertiary/aromatic N) is 2. The van der Waals surface area contributed by atoms with Crippen LogP contribution in [0.15, 0.2) is 24.3 Å². The Hall–Kier alpha value is -1.39. The van der Waals surface area contributed by atoms with Crippen molar-refractivity contribution in [3.63, 3.8) is 0 Å². The first-order chi connectivity index (χ1) is 9.16. The fraction of sp³-hybridized carbons (Fsp3) is 0.533. The van der Waals surface area contributed by atoms with Crippen LogP contribution in [0, 0.1) is 0 Å². The number of hydrogen-bond donors (Lipinski definition) is 1. The lowest BCUT2D eigenvalue weighted by Crippen LogP contribution is -2.36. The summed E-state index contributed by atoms with van der Waals surface area (Å²) in [6, 6.07) is 8.80. The van der Waals surface area contributed by atoms with E-state index >= 15 is 0 Å². The summed E-state index contributed by atoms with van der Waals surface area (Å²) in [5, 5.41) is 0. The molecule has 19 heavy (non-hydrogen) atoms. The second-order valence-electron chi connectivity index (χ2n) is 5.63. The number of hydrogen-bond acceptors (Lipinski definition) is 3. The van der Waals surface area contributed by atoms with Crippen LogP contribution in [0.1, 0.15) is 36.1 Å². The maximum Gasteiger partial charge on any atom is 0.236 e. The molecule has 0 saturated carbocycles. The average Bonchev–Trinajstić information content (AvgIpc) is 2.65. The molecule has 102 valence electrons. The Morgan fingerprint density at radius 1 is 1.21 bits per heavy atom. The van der Waals surface area contributed by atoms with Crippen LogP contribution in [0.4, 0.5) is 0 Å². The standard InChI is InChI=1S/C15H21N3O/c1-17-7-4-8-18(10-15(17)19)14-9-13(16)11-5-2-3-6-12(11)14/h2-3,5-6,13-14H,4,7-10,16H2,1H3. The Kier molecular flexibility index (Phi) is 3.29. The van der Waals surface area contributed by atoms with E-state index in [9.17, 15) is 4.79 Å². The molecular formula is C15H21N3O. The van der Waals surface area contributed by atoms with Crippen LogP contribution in [-0.2, 0) is 4.79 Å². The van der Waals surface area contributed by atoms with Crippen molar-refractivity contribution in [2.24, 2.45) is 5.73 Å². The Labute approximate surface area is 114 Å². The summed E-state index contributed by atoms with van der Waals surface area (Å²) in [6.07, 6.45) is 1.96. The number of amides is 1. The van der Waals surface area contributed by atoms with Crippen molar-refractivity contribution in [2.75, 3.05) is 26.7 Å². The summed E-state index contributed by atoms with van der Waals surface area (Å²) >= 11 is 0. The molecule has 0 bridgehead atoms. The minimum Gasteiger partial charge on any atom is -0.345 e. The molecule has 0 radical (unpaired) electrons. The van der Waals surface area contributed by atoms with Crippen molar-refractivity contribution in [3.05, 3.63) is 35.4 Å². The van der Waals surface area contributed by atoms with Crippen LogP contribution in [0.3, 0.4) is 0 Å². The first-order valence-corrected chi connectivity index (χ1v) is 6.99. The number of rotatable bonds is 1. The van der Waals surface area contributed by atoms with Crippen molar-refractivity contribution in [1.82, 2.24) is 9.80 Å². The molecular weight excluding hydrogens is 238 g/mol. The topological polar surface area (TPSA) is 49.6 Å². The van der Waals surface area contributed by atoms with Gasteiger partial charge in [0, 0.05) is 32.2 Å². The van der Waals surface area contributed by atoms with E-state index in [0.717, 1.165) is 25.9 Å². The molecule has 2 aliphatic rings. The quantitative estimate of drug-likeness (QED) is 0.827. The SMILES string of the molecule is CN1CCCN(C2CC(N)c3ccccc32)CC1=O. The zero-order chi connectivity index (χ0) is 13.4. The van der Waals surface area contributed by atoms with E-state index in [0.29, 0.717) is 12.6 Å². The van der Waals surface area contributed by atoms with Gasteiger partial charge >= 0.3 is 0 Å². The lowest BCUT2D eigenvalue weighted by atomic mass is 10.1. The van der Waals surface area contributed by atoms with Crippen molar-refractivity contribution in [3.8, 4) is 0 Å². The van der Waals surface area contributed by atoms with E-state index in [2.05, 4.69) is 23.1 Å². The van der Waals surface area contributed by atoms with E-state index in [1.807, 2.05) is 18.0 Å². The van der Waals surface area contributed by atoms with E-state index < -0.39 is 0 Å². The molecule has 1 amide bonds. The lowest BCUT2D eigenvalue weighted by Gasteiger charge is -2.27. The first kappa shape index (κ1) is 12.6. The van der Waals surface area contributed by atoms with Crippen LogP contribution in [-0.4, -0.2) is 42.4 Å². The average molecular weight is 259 g/mol. The number of likely N-dealkylation sites (N-methyl/N-ethyl adjacent to an activating group) is 1. The van der Waals surface area contributed by atoms with Crippen LogP contribution in [0.2, 0.25) is 0 Å². The van der Waals surface area contributed by atoms with Crippen LogP contribution in [0.5, 0.6) is 0 Å². The molecule has 1 saturated heterocycles. The monoisotopic (exact) mass is 259 g/mol. The number of carbonyl (C=O) groups is 1. The van der Waals surface area contributed by atoms with E-state index in [1.165, 1.54) is 11.1 Å². The van der Waals surface area contributed by atoms with Gasteiger partial charge in [-0.15, -0.1) is 0 Å². The van der Waals surface area contributed by atoms with E-state index in [1.54, 1.807) is 0 Å². The first-order valence-electron chi connectivity index (χ1n) is 6.99. The molecule has 2 atom stereocenters. The third kappa shape index (κ3) is 2.26. The van der Waals surface area contributed by atoms with Crippen LogP contribution < -0.4 is 5.73 Å². The summed E-state index contributed by atoms with van der Waals surface area (Å²) < 4.78 is 0. The van der Waals surface area contributed by atoms with Gasteiger partial charge in [0.25, 0.3) is 0 Å². The van der Waals surface area contributed by atoms with Gasteiger partial charge in [0.05, 0.1) is 6.54 Å². The summed E-state index contributed by atoms with van der Waals surface area (Å²) in [4.78, 5) is 16.2. The van der Waals surface area contributed by atoms with Gasteiger partial charge < -0.3 is 10.6 Å². The van der Waals surface area contributed by atoms with E-state index in [-0.39, 0.29) is 11.9 Å². The summed E-state index contributed by atoms with van der Waals surface area (Å²) in [6.45, 7) is 2.35. The maximum atomic E-state index is 12.0. The molecule has 3 rings (SSSR count). The number of nitrogens with two attached hydrogens (primary N) is 1. The van der Waals surface area contributed by atoms with Crippen LogP contribution in [0.25, 0.3) is 0 Å². The fourth-order valence-corrected chi connectivity index (χ4v) is 3.27.